The van der Waals surface area contributed by atoms with Crippen molar-refractivity contribution in [3.8, 4) is 0 Å². The Labute approximate surface area is 133 Å². The van der Waals surface area contributed by atoms with Crippen LogP contribution in [0.25, 0.3) is 11.0 Å². The third-order valence-electron chi connectivity index (χ3n) is 4.29. The smallest absolute Gasteiger partial charge is 0.246 e. The zero-order chi connectivity index (χ0) is 15.9. The molecule has 1 aliphatic heterocycles. The van der Waals surface area contributed by atoms with Gasteiger partial charge < -0.3 is 4.98 Å². The Morgan fingerprint density at radius 3 is 2.91 bits per heavy atom. The topological polar surface area (TPSA) is 94.7 Å². The summed E-state index contributed by atoms with van der Waals surface area (Å²) in [5.41, 5.74) is 1.90. The van der Waals surface area contributed by atoms with Crippen molar-refractivity contribution in [1.29, 1.82) is 0 Å². The largest absolute Gasteiger partial charge is 0.342 e. The third-order valence-corrected chi connectivity index (χ3v) is 6.12. The lowest BCUT2D eigenvalue weighted by Gasteiger charge is -2.30. The van der Waals surface area contributed by atoms with Gasteiger partial charge in [-0.3, -0.25) is 5.10 Å². The molecule has 0 aliphatic carbocycles. The summed E-state index contributed by atoms with van der Waals surface area (Å²) in [6.07, 6.45) is 4.51. The lowest BCUT2D eigenvalue weighted by atomic mass is 9.99. The van der Waals surface area contributed by atoms with E-state index in [-0.39, 0.29) is 10.8 Å². The molecule has 2 N–H and O–H groups in total. The van der Waals surface area contributed by atoms with Crippen LogP contribution in [0.4, 0.5) is 0 Å². The van der Waals surface area contributed by atoms with Crippen molar-refractivity contribution in [3.05, 3.63) is 42.5 Å². The van der Waals surface area contributed by atoms with E-state index in [0.29, 0.717) is 13.1 Å². The highest BCUT2D eigenvalue weighted by Gasteiger charge is 2.32. The second-order valence-corrected chi connectivity index (χ2v) is 7.71. The van der Waals surface area contributed by atoms with Gasteiger partial charge in [-0.1, -0.05) is 12.1 Å². The molecule has 0 radical (unpaired) electrons. The molecule has 2 aromatic heterocycles. The SMILES string of the molecule is O=S(=O)(c1cn[nH]c1)N1CCC[C@@H](c2nc3ccccc3[nH]2)C1. The molecule has 8 heteroatoms. The number of nitrogens with zero attached hydrogens (tertiary/aromatic N) is 3. The van der Waals surface area contributed by atoms with Gasteiger partial charge in [-0.25, -0.2) is 13.4 Å². The number of fused-ring (bicyclic) bond motifs is 1. The van der Waals surface area contributed by atoms with Crippen LogP contribution in [0.3, 0.4) is 0 Å². The van der Waals surface area contributed by atoms with Crippen molar-refractivity contribution in [2.45, 2.75) is 23.7 Å². The molecule has 1 fully saturated rings. The lowest BCUT2D eigenvalue weighted by Crippen LogP contribution is -2.39. The van der Waals surface area contributed by atoms with Gasteiger partial charge >= 0.3 is 0 Å². The van der Waals surface area contributed by atoms with Crippen LogP contribution in [0.1, 0.15) is 24.6 Å². The Hall–Kier alpha value is -2.19. The van der Waals surface area contributed by atoms with Crippen molar-refractivity contribution in [2.24, 2.45) is 0 Å². The average Bonchev–Trinajstić information content (AvgIpc) is 3.24. The number of hydrogen-bond donors (Lipinski definition) is 2. The van der Waals surface area contributed by atoms with Gasteiger partial charge in [-0.05, 0) is 25.0 Å². The van der Waals surface area contributed by atoms with Crippen LogP contribution in [0.2, 0.25) is 0 Å². The molecular weight excluding hydrogens is 314 g/mol. The van der Waals surface area contributed by atoms with E-state index in [0.717, 1.165) is 29.7 Å². The zero-order valence-electron chi connectivity index (χ0n) is 12.4. The van der Waals surface area contributed by atoms with E-state index in [1.54, 1.807) is 0 Å². The van der Waals surface area contributed by atoms with Crippen LogP contribution in [0, 0.1) is 0 Å². The molecule has 1 saturated heterocycles. The summed E-state index contributed by atoms with van der Waals surface area (Å²) >= 11 is 0. The summed E-state index contributed by atoms with van der Waals surface area (Å²) in [6.45, 7) is 0.970. The van der Waals surface area contributed by atoms with Crippen molar-refractivity contribution < 1.29 is 8.42 Å². The molecular formula is C15H17N5O2S. The molecule has 23 heavy (non-hydrogen) atoms. The Bertz CT molecular complexity index is 883. The number of hydrogen-bond acceptors (Lipinski definition) is 4. The highest BCUT2D eigenvalue weighted by atomic mass is 32.2. The van der Waals surface area contributed by atoms with E-state index in [4.69, 9.17) is 0 Å². The number of benzene rings is 1. The van der Waals surface area contributed by atoms with Crippen LogP contribution in [-0.4, -0.2) is 46.0 Å². The van der Waals surface area contributed by atoms with Gasteiger partial charge in [0.15, 0.2) is 0 Å². The molecule has 1 aromatic carbocycles. The quantitative estimate of drug-likeness (QED) is 0.766. The predicted octanol–water partition coefficient (Wildman–Crippen LogP) is 1.85. The third kappa shape index (κ3) is 2.53. The number of rotatable bonds is 3. The maximum absolute atomic E-state index is 12.6. The molecule has 0 spiro atoms. The predicted molar refractivity (Wildman–Crippen MR) is 85.4 cm³/mol. The van der Waals surface area contributed by atoms with Gasteiger partial charge in [-0.2, -0.15) is 9.40 Å². The Morgan fingerprint density at radius 1 is 1.26 bits per heavy atom. The molecule has 0 unspecified atom stereocenters. The summed E-state index contributed by atoms with van der Waals surface area (Å²) in [7, 11) is -3.49. The summed E-state index contributed by atoms with van der Waals surface area (Å²) < 4.78 is 26.8. The lowest BCUT2D eigenvalue weighted by molar-refractivity contribution is 0.310. The van der Waals surface area contributed by atoms with E-state index in [1.807, 2.05) is 24.3 Å². The fourth-order valence-electron chi connectivity index (χ4n) is 3.08. The number of piperidine rings is 1. The number of aromatic nitrogens is 4. The number of sulfonamides is 1. The van der Waals surface area contributed by atoms with Crippen molar-refractivity contribution in [3.63, 3.8) is 0 Å². The first kappa shape index (κ1) is 14.4. The monoisotopic (exact) mass is 331 g/mol. The fourth-order valence-corrected chi connectivity index (χ4v) is 4.51. The maximum Gasteiger partial charge on any atom is 0.246 e. The summed E-state index contributed by atoms with van der Waals surface area (Å²) in [5, 5.41) is 6.30. The van der Waals surface area contributed by atoms with Crippen LogP contribution in [0.5, 0.6) is 0 Å². The molecule has 7 nitrogen and oxygen atoms in total. The minimum atomic E-state index is -3.49. The fraction of sp³-hybridized carbons (Fsp3) is 0.333. The molecule has 3 aromatic rings. The molecule has 3 heterocycles. The number of para-hydroxylation sites is 2. The van der Waals surface area contributed by atoms with Gasteiger partial charge in [-0.15, -0.1) is 0 Å². The number of aromatic amines is 2. The Morgan fingerprint density at radius 2 is 2.13 bits per heavy atom. The number of imidazole rings is 1. The minimum absolute atomic E-state index is 0.0813. The van der Waals surface area contributed by atoms with E-state index >= 15 is 0 Å². The maximum atomic E-state index is 12.6. The van der Waals surface area contributed by atoms with Crippen LogP contribution < -0.4 is 0 Å². The van der Waals surface area contributed by atoms with Gasteiger partial charge in [0.05, 0.1) is 17.2 Å². The number of H-pyrrole nitrogens is 2. The normalized spacial score (nSPS) is 20.1. The van der Waals surface area contributed by atoms with Gasteiger partial charge in [0.2, 0.25) is 10.0 Å². The summed E-state index contributed by atoms with van der Waals surface area (Å²) in [5.74, 6) is 0.941. The van der Waals surface area contributed by atoms with Gasteiger partial charge in [0.1, 0.15) is 10.7 Å². The molecule has 1 aliphatic rings. The first-order valence-corrected chi connectivity index (χ1v) is 9.02. The number of nitrogens with one attached hydrogen (secondary N) is 2. The molecule has 0 saturated carbocycles. The minimum Gasteiger partial charge on any atom is -0.342 e. The van der Waals surface area contributed by atoms with Crippen molar-refractivity contribution in [2.75, 3.05) is 13.1 Å². The summed E-state index contributed by atoms with van der Waals surface area (Å²) in [6, 6.07) is 7.84. The highest BCUT2D eigenvalue weighted by Crippen LogP contribution is 2.29. The second kappa shape index (κ2) is 5.47. The first-order chi connectivity index (χ1) is 11.1. The zero-order valence-corrected chi connectivity index (χ0v) is 13.3. The van der Waals surface area contributed by atoms with Crippen molar-refractivity contribution >= 4 is 21.1 Å². The molecule has 120 valence electrons. The van der Waals surface area contributed by atoms with E-state index in [9.17, 15) is 8.42 Å². The van der Waals surface area contributed by atoms with Crippen LogP contribution in [0.15, 0.2) is 41.6 Å². The molecule has 0 amide bonds. The highest BCUT2D eigenvalue weighted by molar-refractivity contribution is 7.89. The van der Waals surface area contributed by atoms with Crippen LogP contribution in [-0.2, 0) is 10.0 Å². The molecule has 1 atom stereocenters. The van der Waals surface area contributed by atoms with Crippen molar-refractivity contribution in [1.82, 2.24) is 24.5 Å². The molecule has 4 rings (SSSR count). The first-order valence-electron chi connectivity index (χ1n) is 7.58. The summed E-state index contributed by atoms with van der Waals surface area (Å²) in [4.78, 5) is 8.15. The Balaban J connectivity index is 1.62. The second-order valence-electron chi connectivity index (χ2n) is 5.78. The van der Waals surface area contributed by atoms with Crippen LogP contribution >= 0.6 is 0 Å². The molecule has 0 bridgehead atoms. The standard InChI is InChI=1S/C15H17N5O2S/c21-23(22,12-8-16-17-9-12)20-7-3-4-11(10-20)15-18-13-5-1-2-6-14(13)19-15/h1-2,5-6,8-9,11H,3-4,7,10H2,(H,16,17)(H,18,19)/t11-/m1/s1. The van der Waals surface area contributed by atoms with E-state index in [2.05, 4.69) is 20.2 Å². The van der Waals surface area contributed by atoms with E-state index in [1.165, 1.54) is 16.7 Å². The Kier molecular flexibility index (Phi) is 3.42. The van der Waals surface area contributed by atoms with Gasteiger partial charge in [0, 0.05) is 25.2 Å². The van der Waals surface area contributed by atoms with Gasteiger partial charge in [0.25, 0.3) is 0 Å². The van der Waals surface area contributed by atoms with E-state index < -0.39 is 10.0 Å². The average molecular weight is 331 g/mol.